The second-order valence-electron chi connectivity index (χ2n) is 10.1. The Kier molecular flexibility index (Phi) is 4.63. The summed E-state index contributed by atoms with van der Waals surface area (Å²) >= 11 is 0. The number of allylic oxidation sites excluding steroid dienone is 1. The molecule has 4 rings (SSSR count). The molecule has 0 aromatic carbocycles. The molecule has 6 atom stereocenters. The number of hydrogen-bond donors (Lipinski definition) is 0. The van der Waals surface area contributed by atoms with E-state index in [1.54, 1.807) is 0 Å². The summed E-state index contributed by atoms with van der Waals surface area (Å²) in [6.07, 6.45) is 10.9. The first-order chi connectivity index (χ1) is 12.3. The molecule has 0 bridgehead atoms. The maximum Gasteiger partial charge on any atom is 0.165 e. The van der Waals surface area contributed by atoms with Crippen LogP contribution >= 0.6 is 0 Å². The Bertz CT molecular complexity index is 578. The largest absolute Gasteiger partial charge is 0.348 e. The minimum Gasteiger partial charge on any atom is -0.348 e. The summed E-state index contributed by atoms with van der Waals surface area (Å²) in [5.41, 5.74) is 0.211. The Labute approximate surface area is 158 Å². The topological polar surface area (TPSA) is 35.5 Å². The van der Waals surface area contributed by atoms with Crippen molar-refractivity contribution in [2.45, 2.75) is 77.9 Å². The molecule has 3 heteroatoms. The number of ketones is 1. The highest BCUT2D eigenvalue weighted by Gasteiger charge is 2.59. The minimum absolute atomic E-state index is 0.200. The normalized spacial score (nSPS) is 47.4. The van der Waals surface area contributed by atoms with E-state index < -0.39 is 5.79 Å². The van der Waals surface area contributed by atoms with Gasteiger partial charge in [0.05, 0.1) is 13.2 Å². The Balaban J connectivity index is 1.55. The van der Waals surface area contributed by atoms with E-state index in [4.69, 9.17) is 9.47 Å². The highest BCUT2D eigenvalue weighted by atomic mass is 16.7. The maximum atomic E-state index is 13.1. The highest BCUT2D eigenvalue weighted by Crippen LogP contribution is 2.64. The van der Waals surface area contributed by atoms with Crippen LogP contribution in [0.1, 0.15) is 72.1 Å². The van der Waals surface area contributed by atoms with Gasteiger partial charge in [0.15, 0.2) is 5.79 Å². The first-order valence-corrected chi connectivity index (χ1v) is 10.8. The molecule has 4 fully saturated rings. The Morgan fingerprint density at radius 3 is 2.46 bits per heavy atom. The Morgan fingerprint density at radius 1 is 1.04 bits per heavy atom. The molecule has 146 valence electrons. The molecule has 1 heterocycles. The van der Waals surface area contributed by atoms with Crippen LogP contribution in [0.3, 0.4) is 0 Å². The fraction of sp³-hybridized carbons (Fsp3) is 0.870. The van der Waals surface area contributed by atoms with Crippen LogP contribution in [-0.4, -0.2) is 24.8 Å². The summed E-state index contributed by atoms with van der Waals surface area (Å²) in [5, 5.41) is 0. The third-order valence-electron chi connectivity index (χ3n) is 8.95. The number of ether oxygens (including phenoxy) is 2. The third kappa shape index (κ3) is 2.73. The predicted octanol–water partition coefficient (Wildman–Crippen LogP) is 5.14. The average molecular weight is 361 g/mol. The Morgan fingerprint density at radius 2 is 1.77 bits per heavy atom. The first-order valence-electron chi connectivity index (χ1n) is 10.8. The first kappa shape index (κ1) is 18.7. The zero-order chi connectivity index (χ0) is 18.6. The van der Waals surface area contributed by atoms with Crippen molar-refractivity contribution in [3.63, 3.8) is 0 Å². The molecule has 0 amide bonds. The van der Waals surface area contributed by atoms with Gasteiger partial charge in [-0.05, 0) is 74.5 Å². The smallest absolute Gasteiger partial charge is 0.165 e. The van der Waals surface area contributed by atoms with Gasteiger partial charge in [-0.1, -0.05) is 19.9 Å². The molecule has 0 radical (unpaired) electrons. The van der Waals surface area contributed by atoms with E-state index in [1.807, 2.05) is 6.92 Å². The van der Waals surface area contributed by atoms with Crippen LogP contribution in [0.25, 0.3) is 0 Å². The van der Waals surface area contributed by atoms with Crippen molar-refractivity contribution in [2.24, 2.45) is 34.5 Å². The van der Waals surface area contributed by atoms with E-state index in [2.05, 4.69) is 26.5 Å². The number of hydrogen-bond acceptors (Lipinski definition) is 3. The summed E-state index contributed by atoms with van der Waals surface area (Å²) in [4.78, 5) is 13.1. The van der Waals surface area contributed by atoms with Gasteiger partial charge in [-0.15, -0.1) is 6.58 Å². The maximum absolute atomic E-state index is 13.1. The lowest BCUT2D eigenvalue weighted by Gasteiger charge is -2.56. The fourth-order valence-electron chi connectivity index (χ4n) is 7.21. The zero-order valence-electron chi connectivity index (χ0n) is 16.9. The zero-order valence-corrected chi connectivity index (χ0v) is 16.9. The van der Waals surface area contributed by atoms with Crippen LogP contribution in [0.4, 0.5) is 0 Å². The summed E-state index contributed by atoms with van der Waals surface area (Å²) in [6, 6.07) is 0. The number of carbonyl (C=O) groups excluding carboxylic acids is 1. The standard InChI is InChI=1S/C23H36O3/c1-5-16-6-8-18-17-7-9-20(24)22(3,19(17)10-11-21(16,18)2)12-13-23(4)25-14-15-26-23/h5,16-19H,1,6-15H2,2-4H3/t16-,17?,18?,19?,21+,22+/m1/s1. The molecule has 3 unspecified atom stereocenters. The lowest BCUT2D eigenvalue weighted by Crippen LogP contribution is -2.52. The average Bonchev–Trinajstić information content (AvgIpc) is 3.20. The van der Waals surface area contributed by atoms with E-state index in [0.717, 1.165) is 31.6 Å². The molecular weight excluding hydrogens is 324 g/mol. The lowest BCUT2D eigenvalue weighted by atomic mass is 9.48. The van der Waals surface area contributed by atoms with Gasteiger partial charge in [0, 0.05) is 18.3 Å². The second kappa shape index (κ2) is 6.44. The number of Topliss-reactive ketones (excluding diaryl/α,β-unsaturated/α-hetero) is 1. The monoisotopic (exact) mass is 360 g/mol. The summed E-state index contributed by atoms with van der Waals surface area (Å²) in [7, 11) is 0. The second-order valence-corrected chi connectivity index (χ2v) is 10.1. The van der Waals surface area contributed by atoms with Crippen molar-refractivity contribution in [3.8, 4) is 0 Å². The van der Waals surface area contributed by atoms with Gasteiger partial charge in [0.25, 0.3) is 0 Å². The highest BCUT2D eigenvalue weighted by molar-refractivity contribution is 5.85. The van der Waals surface area contributed by atoms with Crippen molar-refractivity contribution in [2.75, 3.05) is 13.2 Å². The van der Waals surface area contributed by atoms with Crippen molar-refractivity contribution in [1.29, 1.82) is 0 Å². The molecule has 0 N–H and O–H groups in total. The van der Waals surface area contributed by atoms with Crippen LogP contribution < -0.4 is 0 Å². The lowest BCUT2D eigenvalue weighted by molar-refractivity contribution is -0.164. The van der Waals surface area contributed by atoms with Crippen LogP contribution in [0.2, 0.25) is 0 Å². The van der Waals surface area contributed by atoms with Gasteiger partial charge < -0.3 is 9.47 Å². The van der Waals surface area contributed by atoms with Crippen LogP contribution in [0.15, 0.2) is 12.7 Å². The molecule has 0 spiro atoms. The summed E-state index contributed by atoms with van der Waals surface area (Å²) in [5.74, 6) is 2.68. The molecule has 26 heavy (non-hydrogen) atoms. The van der Waals surface area contributed by atoms with E-state index in [1.165, 1.54) is 25.7 Å². The van der Waals surface area contributed by atoms with E-state index in [-0.39, 0.29) is 5.41 Å². The summed E-state index contributed by atoms with van der Waals surface area (Å²) in [6.45, 7) is 12.3. The van der Waals surface area contributed by atoms with Gasteiger partial charge >= 0.3 is 0 Å². The molecule has 3 saturated carbocycles. The van der Waals surface area contributed by atoms with Gasteiger partial charge in [0.2, 0.25) is 0 Å². The predicted molar refractivity (Wildman–Crippen MR) is 103 cm³/mol. The summed E-state index contributed by atoms with van der Waals surface area (Å²) < 4.78 is 11.6. The molecule has 3 nitrogen and oxygen atoms in total. The van der Waals surface area contributed by atoms with Crippen LogP contribution in [0, 0.1) is 34.5 Å². The van der Waals surface area contributed by atoms with Gasteiger partial charge in [-0.2, -0.15) is 0 Å². The van der Waals surface area contributed by atoms with E-state index in [9.17, 15) is 4.79 Å². The van der Waals surface area contributed by atoms with E-state index in [0.29, 0.717) is 42.2 Å². The molecule has 0 aromatic rings. The number of fused-ring (bicyclic) bond motifs is 3. The molecule has 3 aliphatic carbocycles. The molecule has 1 aliphatic heterocycles. The van der Waals surface area contributed by atoms with Crippen molar-refractivity contribution in [1.82, 2.24) is 0 Å². The molecular formula is C23H36O3. The quantitative estimate of drug-likeness (QED) is 0.651. The van der Waals surface area contributed by atoms with Crippen molar-refractivity contribution in [3.05, 3.63) is 12.7 Å². The fourth-order valence-corrected chi connectivity index (χ4v) is 7.21. The number of rotatable bonds is 4. The van der Waals surface area contributed by atoms with Gasteiger partial charge in [-0.3, -0.25) is 4.79 Å². The van der Waals surface area contributed by atoms with Crippen molar-refractivity contribution < 1.29 is 14.3 Å². The molecule has 1 saturated heterocycles. The minimum atomic E-state index is -0.485. The Hall–Kier alpha value is -0.670. The number of carbonyl (C=O) groups is 1. The van der Waals surface area contributed by atoms with Crippen molar-refractivity contribution >= 4 is 5.78 Å². The van der Waals surface area contributed by atoms with Gasteiger partial charge in [0.1, 0.15) is 5.78 Å². The molecule has 0 aromatic heterocycles. The van der Waals surface area contributed by atoms with Gasteiger partial charge in [-0.25, -0.2) is 0 Å². The SMILES string of the molecule is C=C[C@@H]1CCC2C3CCC(=O)[C@@](C)(CCC4(C)OCCO4)C3CC[C@]21C. The third-order valence-corrected chi connectivity index (χ3v) is 8.95. The molecule has 4 aliphatic rings. The van der Waals surface area contributed by atoms with E-state index >= 15 is 0 Å². The van der Waals surface area contributed by atoms with Crippen LogP contribution in [0.5, 0.6) is 0 Å². The van der Waals surface area contributed by atoms with Crippen LogP contribution in [-0.2, 0) is 14.3 Å².